The number of carbonyl (C=O) groups excluding carboxylic acids is 2. The molecule has 1 N–H and O–H groups in total. The highest BCUT2D eigenvalue weighted by Gasteiger charge is 2.33. The van der Waals surface area contributed by atoms with Crippen molar-refractivity contribution >= 4 is 23.4 Å². The Morgan fingerprint density at radius 1 is 1.03 bits per heavy atom. The molecule has 36 heavy (non-hydrogen) atoms. The second kappa shape index (κ2) is 10.7. The van der Waals surface area contributed by atoms with E-state index in [0.29, 0.717) is 70.3 Å². The number of aromatic nitrogens is 1. The molecule has 0 atom stereocenters. The molecular weight excluding hydrogens is 460 g/mol. The third kappa shape index (κ3) is 5.26. The lowest BCUT2D eigenvalue weighted by molar-refractivity contribution is -0.138. The number of piperidine rings is 1. The SMILES string of the molecule is N#Cc1nc(-c2ccco2)oc1N1CCC(C(=O)N2CCN(CC(=O)Nc3ccccc3)CC2)CC1. The molecule has 5 rings (SSSR count). The van der Waals surface area contributed by atoms with Gasteiger partial charge >= 0.3 is 0 Å². The molecule has 0 aliphatic carbocycles. The minimum absolute atomic E-state index is 0.0484. The van der Waals surface area contributed by atoms with Crippen LogP contribution in [0.25, 0.3) is 11.7 Å². The lowest BCUT2D eigenvalue weighted by atomic mass is 9.95. The zero-order chi connectivity index (χ0) is 24.9. The second-order valence-corrected chi connectivity index (χ2v) is 9.04. The summed E-state index contributed by atoms with van der Waals surface area (Å²) in [4.78, 5) is 35.7. The van der Waals surface area contributed by atoms with Crippen LogP contribution in [0, 0.1) is 17.2 Å². The monoisotopic (exact) mass is 488 g/mol. The van der Waals surface area contributed by atoms with Crippen molar-refractivity contribution < 1.29 is 18.4 Å². The molecule has 0 spiro atoms. The molecule has 186 valence electrons. The van der Waals surface area contributed by atoms with Gasteiger partial charge in [-0.2, -0.15) is 10.2 Å². The molecule has 10 heteroatoms. The van der Waals surface area contributed by atoms with E-state index < -0.39 is 0 Å². The number of rotatable bonds is 6. The number of hydrogen-bond acceptors (Lipinski definition) is 8. The molecule has 2 aliphatic rings. The molecular formula is C26H28N6O4. The van der Waals surface area contributed by atoms with Crippen LogP contribution in [-0.4, -0.2) is 72.4 Å². The number of anilines is 2. The molecule has 3 aromatic rings. The predicted molar refractivity (Wildman–Crippen MR) is 132 cm³/mol. The van der Waals surface area contributed by atoms with E-state index >= 15 is 0 Å². The smallest absolute Gasteiger partial charge is 0.266 e. The first-order valence-corrected chi connectivity index (χ1v) is 12.2. The largest absolute Gasteiger partial charge is 0.459 e. The van der Waals surface area contributed by atoms with Gasteiger partial charge in [0.05, 0.1) is 12.8 Å². The van der Waals surface area contributed by atoms with Crippen LogP contribution in [0.5, 0.6) is 0 Å². The van der Waals surface area contributed by atoms with E-state index in [1.54, 1.807) is 12.1 Å². The van der Waals surface area contributed by atoms with Crippen LogP contribution in [0.15, 0.2) is 57.6 Å². The van der Waals surface area contributed by atoms with Gasteiger partial charge < -0.3 is 24.0 Å². The summed E-state index contributed by atoms with van der Waals surface area (Å²) in [7, 11) is 0. The summed E-state index contributed by atoms with van der Waals surface area (Å²) in [6.45, 7) is 4.11. The average molecular weight is 489 g/mol. The van der Waals surface area contributed by atoms with Crippen molar-refractivity contribution in [3.8, 4) is 17.7 Å². The number of hydrogen-bond donors (Lipinski definition) is 1. The van der Waals surface area contributed by atoms with E-state index in [2.05, 4.69) is 21.3 Å². The first kappa shape index (κ1) is 23.6. The van der Waals surface area contributed by atoms with E-state index in [-0.39, 0.29) is 29.3 Å². The minimum Gasteiger partial charge on any atom is -0.459 e. The van der Waals surface area contributed by atoms with Crippen molar-refractivity contribution in [2.45, 2.75) is 12.8 Å². The maximum Gasteiger partial charge on any atom is 0.266 e. The number of piperazine rings is 1. The van der Waals surface area contributed by atoms with Crippen LogP contribution in [0.1, 0.15) is 18.5 Å². The lowest BCUT2D eigenvalue weighted by Gasteiger charge is -2.38. The minimum atomic E-state index is -0.0628. The van der Waals surface area contributed by atoms with E-state index in [1.165, 1.54) is 6.26 Å². The molecule has 4 heterocycles. The highest BCUT2D eigenvalue weighted by molar-refractivity contribution is 5.92. The Morgan fingerprint density at radius 2 is 1.78 bits per heavy atom. The summed E-state index contributed by atoms with van der Waals surface area (Å²) in [6.07, 6.45) is 2.89. The number of carbonyl (C=O) groups is 2. The molecule has 10 nitrogen and oxygen atoms in total. The molecule has 2 saturated heterocycles. The number of furan rings is 1. The van der Waals surface area contributed by atoms with Crippen LogP contribution in [-0.2, 0) is 9.59 Å². The molecule has 2 aromatic heterocycles. The predicted octanol–water partition coefficient (Wildman–Crippen LogP) is 2.81. The lowest BCUT2D eigenvalue weighted by Crippen LogP contribution is -2.52. The van der Waals surface area contributed by atoms with Crippen molar-refractivity contribution in [3.63, 3.8) is 0 Å². The maximum absolute atomic E-state index is 13.2. The first-order valence-electron chi connectivity index (χ1n) is 12.2. The highest BCUT2D eigenvalue weighted by atomic mass is 16.4. The second-order valence-electron chi connectivity index (χ2n) is 9.04. The van der Waals surface area contributed by atoms with Crippen molar-refractivity contribution in [1.29, 1.82) is 5.26 Å². The fourth-order valence-corrected chi connectivity index (χ4v) is 4.74. The summed E-state index contributed by atoms with van der Waals surface area (Å²) in [5.74, 6) is 1.23. The van der Waals surface area contributed by atoms with Crippen LogP contribution in [0.4, 0.5) is 11.6 Å². The summed E-state index contributed by atoms with van der Waals surface area (Å²) in [5, 5.41) is 12.4. The third-order valence-corrected chi connectivity index (χ3v) is 6.69. The van der Waals surface area contributed by atoms with E-state index in [4.69, 9.17) is 8.83 Å². The van der Waals surface area contributed by atoms with E-state index in [9.17, 15) is 14.9 Å². The maximum atomic E-state index is 13.2. The molecule has 0 bridgehead atoms. The Hall–Kier alpha value is -4.10. The van der Waals surface area contributed by atoms with Gasteiger partial charge in [-0.1, -0.05) is 18.2 Å². The zero-order valence-corrected chi connectivity index (χ0v) is 19.9. The fraction of sp³-hybridized carbons (Fsp3) is 0.385. The normalized spacial score (nSPS) is 17.1. The summed E-state index contributed by atoms with van der Waals surface area (Å²) in [6, 6.07) is 15.0. The van der Waals surface area contributed by atoms with Gasteiger partial charge in [-0.15, -0.1) is 0 Å². The molecule has 2 amide bonds. The number of amides is 2. The van der Waals surface area contributed by atoms with Gasteiger partial charge in [0.1, 0.15) is 6.07 Å². The van der Waals surface area contributed by atoms with Crippen LogP contribution < -0.4 is 10.2 Å². The van der Waals surface area contributed by atoms with Gasteiger partial charge in [-0.3, -0.25) is 14.5 Å². The quantitative estimate of drug-likeness (QED) is 0.563. The van der Waals surface area contributed by atoms with Crippen molar-refractivity contribution in [2.24, 2.45) is 5.92 Å². The van der Waals surface area contributed by atoms with Crippen LogP contribution in [0.2, 0.25) is 0 Å². The average Bonchev–Trinajstić information content (AvgIpc) is 3.60. The van der Waals surface area contributed by atoms with Gasteiger partial charge in [-0.25, -0.2) is 0 Å². The van der Waals surface area contributed by atoms with Gasteiger partial charge in [0.25, 0.3) is 5.89 Å². The van der Waals surface area contributed by atoms with E-state index in [1.807, 2.05) is 40.1 Å². The molecule has 1 aromatic carbocycles. The van der Waals surface area contributed by atoms with Crippen molar-refractivity contribution in [1.82, 2.24) is 14.8 Å². The van der Waals surface area contributed by atoms with Gasteiger partial charge in [0.2, 0.25) is 23.4 Å². The summed E-state index contributed by atoms with van der Waals surface area (Å²) < 4.78 is 11.2. The number of nitrogens with one attached hydrogen (secondary N) is 1. The van der Waals surface area contributed by atoms with Crippen molar-refractivity contribution in [2.75, 3.05) is 56.0 Å². The number of para-hydroxylation sites is 1. The number of nitriles is 1. The highest BCUT2D eigenvalue weighted by Crippen LogP contribution is 2.31. The van der Waals surface area contributed by atoms with Crippen LogP contribution >= 0.6 is 0 Å². The topological polar surface area (TPSA) is 119 Å². The van der Waals surface area contributed by atoms with Crippen LogP contribution in [0.3, 0.4) is 0 Å². The molecule has 0 saturated carbocycles. The molecule has 2 fully saturated rings. The molecule has 0 radical (unpaired) electrons. The van der Waals surface area contributed by atoms with Gasteiger partial charge in [0.15, 0.2) is 5.76 Å². The Kier molecular flexibility index (Phi) is 7.00. The zero-order valence-electron chi connectivity index (χ0n) is 19.9. The number of nitrogens with zero attached hydrogens (tertiary/aromatic N) is 5. The number of benzene rings is 1. The van der Waals surface area contributed by atoms with Crippen molar-refractivity contribution in [3.05, 3.63) is 54.4 Å². The summed E-state index contributed by atoms with van der Waals surface area (Å²) >= 11 is 0. The summed E-state index contributed by atoms with van der Waals surface area (Å²) in [5.41, 5.74) is 1.01. The Labute approximate surface area is 209 Å². The first-order chi connectivity index (χ1) is 17.6. The Morgan fingerprint density at radius 3 is 2.44 bits per heavy atom. The fourth-order valence-electron chi connectivity index (χ4n) is 4.74. The van der Waals surface area contributed by atoms with Gasteiger partial charge in [-0.05, 0) is 37.1 Å². The molecule has 2 aliphatic heterocycles. The Balaban J connectivity index is 1.09. The van der Waals surface area contributed by atoms with Gasteiger partial charge in [0, 0.05) is 50.9 Å². The number of oxazole rings is 1. The Bertz CT molecular complexity index is 1220. The standard InChI is InChI=1S/C26H28N6O4/c27-17-21-26(36-24(29-21)22-7-4-16-35-22)32-10-8-19(9-11-32)25(34)31-14-12-30(13-15-31)18-23(33)28-20-5-2-1-3-6-20/h1-7,16,19H,8-15,18H2,(H,28,33). The third-order valence-electron chi connectivity index (χ3n) is 6.69. The van der Waals surface area contributed by atoms with E-state index in [0.717, 1.165) is 5.69 Å². The molecule has 0 unspecified atom stereocenters.